The molecule has 0 saturated carbocycles. The van der Waals surface area contributed by atoms with Crippen molar-refractivity contribution in [2.75, 3.05) is 43.5 Å². The SMILES string of the molecule is COc1cc(N2CCN(C(=O)CC(C)C)CC2)ccc1Nc1nc(Cc2c(Cl)cccc2Cl)cc2cn[nH]c(=O)c12. The number of fused-ring (bicyclic) bond motifs is 1. The molecule has 11 heteroatoms. The molecule has 2 aromatic carbocycles. The molecule has 41 heavy (non-hydrogen) atoms. The number of hydrogen-bond donors (Lipinski definition) is 2. The van der Waals surface area contributed by atoms with Gasteiger partial charge in [-0.15, -0.1) is 0 Å². The Labute approximate surface area is 248 Å². The third-order valence-electron chi connectivity index (χ3n) is 7.14. The normalized spacial score (nSPS) is 13.6. The maximum absolute atomic E-state index is 12.8. The summed E-state index contributed by atoms with van der Waals surface area (Å²) in [6.07, 6.45) is 2.53. The summed E-state index contributed by atoms with van der Waals surface area (Å²) < 4.78 is 5.74. The van der Waals surface area contributed by atoms with Crippen LogP contribution >= 0.6 is 23.2 Å². The number of nitrogens with zero attached hydrogens (tertiary/aromatic N) is 4. The zero-order valence-electron chi connectivity index (χ0n) is 23.2. The van der Waals surface area contributed by atoms with Crippen molar-refractivity contribution in [3.8, 4) is 5.75 Å². The number of pyridine rings is 1. The van der Waals surface area contributed by atoms with Crippen molar-refractivity contribution in [2.45, 2.75) is 26.7 Å². The highest BCUT2D eigenvalue weighted by Crippen LogP contribution is 2.34. The van der Waals surface area contributed by atoms with Crippen molar-refractivity contribution in [1.82, 2.24) is 20.1 Å². The number of aromatic amines is 1. The van der Waals surface area contributed by atoms with Crippen molar-refractivity contribution in [3.05, 3.63) is 80.3 Å². The molecule has 0 aliphatic carbocycles. The van der Waals surface area contributed by atoms with Gasteiger partial charge >= 0.3 is 0 Å². The van der Waals surface area contributed by atoms with Gasteiger partial charge in [0.05, 0.1) is 24.4 Å². The summed E-state index contributed by atoms with van der Waals surface area (Å²) in [6, 6.07) is 13.0. The molecule has 0 bridgehead atoms. The number of benzene rings is 2. The highest BCUT2D eigenvalue weighted by Gasteiger charge is 2.23. The molecule has 4 aromatic rings. The smallest absolute Gasteiger partial charge is 0.275 e. The van der Waals surface area contributed by atoms with E-state index < -0.39 is 0 Å². The number of aromatic nitrogens is 3. The van der Waals surface area contributed by atoms with Crippen LogP contribution in [0.5, 0.6) is 5.75 Å². The first-order chi connectivity index (χ1) is 19.7. The third kappa shape index (κ3) is 6.41. The molecule has 1 amide bonds. The number of hydrogen-bond acceptors (Lipinski definition) is 7. The Bertz CT molecular complexity index is 1610. The minimum absolute atomic E-state index is 0.209. The molecule has 2 N–H and O–H groups in total. The molecule has 3 heterocycles. The van der Waals surface area contributed by atoms with Gasteiger partial charge in [0.25, 0.3) is 5.56 Å². The first-order valence-electron chi connectivity index (χ1n) is 13.5. The third-order valence-corrected chi connectivity index (χ3v) is 7.85. The number of halogens is 2. The first kappa shape index (κ1) is 28.7. The van der Waals surface area contributed by atoms with Crippen LogP contribution in [0.1, 0.15) is 31.5 Å². The molecule has 0 atom stereocenters. The van der Waals surface area contributed by atoms with Gasteiger partial charge in [0.2, 0.25) is 5.91 Å². The van der Waals surface area contributed by atoms with Crippen molar-refractivity contribution in [3.63, 3.8) is 0 Å². The van der Waals surface area contributed by atoms with Gasteiger partial charge in [-0.2, -0.15) is 5.10 Å². The van der Waals surface area contributed by atoms with Gasteiger partial charge in [0, 0.05) is 71.9 Å². The summed E-state index contributed by atoms with van der Waals surface area (Å²) in [7, 11) is 1.60. The Balaban J connectivity index is 1.42. The average molecular weight is 596 g/mol. The monoisotopic (exact) mass is 594 g/mol. The maximum Gasteiger partial charge on any atom is 0.275 e. The molecular weight excluding hydrogens is 563 g/mol. The van der Waals surface area contributed by atoms with Gasteiger partial charge in [-0.05, 0) is 41.8 Å². The van der Waals surface area contributed by atoms with Crippen molar-refractivity contribution in [1.29, 1.82) is 0 Å². The molecule has 1 aliphatic heterocycles. The summed E-state index contributed by atoms with van der Waals surface area (Å²) in [6.45, 7) is 6.96. The number of methoxy groups -OCH3 is 1. The van der Waals surface area contributed by atoms with Gasteiger partial charge in [0.1, 0.15) is 11.6 Å². The van der Waals surface area contributed by atoms with Gasteiger partial charge in [-0.25, -0.2) is 10.1 Å². The summed E-state index contributed by atoms with van der Waals surface area (Å²) in [4.78, 5) is 34.3. The number of amides is 1. The van der Waals surface area contributed by atoms with E-state index in [2.05, 4.69) is 34.3 Å². The predicted octanol–water partition coefficient (Wildman–Crippen LogP) is 5.66. The van der Waals surface area contributed by atoms with Crippen LogP contribution in [0.2, 0.25) is 10.0 Å². The number of nitrogens with one attached hydrogen (secondary N) is 2. The highest BCUT2D eigenvalue weighted by molar-refractivity contribution is 6.36. The number of carbonyl (C=O) groups is 1. The molecule has 0 radical (unpaired) electrons. The Hall–Kier alpha value is -3.82. The summed E-state index contributed by atoms with van der Waals surface area (Å²) >= 11 is 12.8. The molecule has 1 fully saturated rings. The number of rotatable bonds is 8. The van der Waals surface area contributed by atoms with Crippen LogP contribution in [0.25, 0.3) is 10.8 Å². The predicted molar refractivity (Wildman–Crippen MR) is 164 cm³/mol. The van der Waals surface area contributed by atoms with Crippen LogP contribution in [0.4, 0.5) is 17.2 Å². The van der Waals surface area contributed by atoms with E-state index in [-0.39, 0.29) is 11.5 Å². The number of carbonyl (C=O) groups excluding carboxylic acids is 1. The lowest BCUT2D eigenvalue weighted by atomic mass is 10.1. The molecule has 1 saturated heterocycles. The summed E-state index contributed by atoms with van der Waals surface area (Å²) in [5, 5.41) is 11.9. The van der Waals surface area contributed by atoms with Crippen LogP contribution in [0.15, 0.2) is 53.5 Å². The van der Waals surface area contributed by atoms with Crippen LogP contribution in [0, 0.1) is 5.92 Å². The van der Waals surface area contributed by atoms with E-state index in [1.54, 1.807) is 31.5 Å². The lowest BCUT2D eigenvalue weighted by Gasteiger charge is -2.36. The molecule has 0 unspecified atom stereocenters. The van der Waals surface area contributed by atoms with Gasteiger partial charge < -0.3 is 19.9 Å². The van der Waals surface area contributed by atoms with Gasteiger partial charge in [-0.1, -0.05) is 43.1 Å². The van der Waals surface area contributed by atoms with E-state index in [1.165, 1.54) is 0 Å². The number of ether oxygens (including phenoxy) is 1. The Morgan fingerprint density at radius 1 is 1.10 bits per heavy atom. The standard InChI is InChI=1S/C30H32Cl2N6O3/c1-18(2)13-27(39)38-11-9-37(10-12-38)21-7-8-25(26(16-21)41-3)35-29-28-19(17-33-36-30(28)40)14-20(34-29)15-22-23(31)5-4-6-24(22)32/h4-8,14,16-18H,9-13,15H2,1-3H3,(H,34,35)(H,36,40). The van der Waals surface area contributed by atoms with Crippen molar-refractivity contribution >= 4 is 57.1 Å². The van der Waals surface area contributed by atoms with E-state index >= 15 is 0 Å². The Morgan fingerprint density at radius 3 is 2.51 bits per heavy atom. The lowest BCUT2D eigenvalue weighted by molar-refractivity contribution is -0.132. The second-order valence-corrected chi connectivity index (χ2v) is 11.3. The molecule has 2 aromatic heterocycles. The van der Waals surface area contributed by atoms with E-state index in [9.17, 15) is 9.59 Å². The summed E-state index contributed by atoms with van der Waals surface area (Å²) in [5.41, 5.74) is 2.70. The number of piperazine rings is 1. The average Bonchev–Trinajstić information content (AvgIpc) is 2.95. The summed E-state index contributed by atoms with van der Waals surface area (Å²) in [5.74, 6) is 1.52. The van der Waals surface area contributed by atoms with Gasteiger partial charge in [0.15, 0.2) is 0 Å². The van der Waals surface area contributed by atoms with Crippen LogP contribution < -0.4 is 20.5 Å². The van der Waals surface area contributed by atoms with Crippen molar-refractivity contribution < 1.29 is 9.53 Å². The Kier molecular flexibility index (Phi) is 8.65. The maximum atomic E-state index is 12.8. The number of H-pyrrole nitrogens is 1. The second kappa shape index (κ2) is 12.4. The van der Waals surface area contributed by atoms with E-state index in [4.69, 9.17) is 32.9 Å². The number of anilines is 3. The second-order valence-electron chi connectivity index (χ2n) is 10.5. The fraction of sp³-hybridized carbons (Fsp3) is 0.333. The van der Waals surface area contributed by atoms with Crippen molar-refractivity contribution in [2.24, 2.45) is 5.92 Å². The van der Waals surface area contributed by atoms with Crippen LogP contribution in [0.3, 0.4) is 0 Å². The zero-order chi connectivity index (χ0) is 29.1. The molecule has 5 rings (SSSR count). The topological polar surface area (TPSA) is 103 Å². The van der Waals surface area contributed by atoms with E-state index in [1.807, 2.05) is 29.2 Å². The highest BCUT2D eigenvalue weighted by atomic mass is 35.5. The lowest BCUT2D eigenvalue weighted by Crippen LogP contribution is -2.49. The fourth-order valence-electron chi connectivity index (χ4n) is 5.04. The van der Waals surface area contributed by atoms with Gasteiger partial charge in [-0.3, -0.25) is 9.59 Å². The van der Waals surface area contributed by atoms with E-state index in [0.717, 1.165) is 24.3 Å². The molecule has 214 valence electrons. The van der Waals surface area contributed by atoms with Crippen LogP contribution in [-0.4, -0.2) is 59.3 Å². The molecule has 0 spiro atoms. The largest absolute Gasteiger partial charge is 0.494 e. The fourth-order valence-corrected chi connectivity index (χ4v) is 5.57. The van der Waals surface area contributed by atoms with E-state index in [0.29, 0.717) is 75.6 Å². The van der Waals surface area contributed by atoms with Crippen LogP contribution in [-0.2, 0) is 11.2 Å². The molecular formula is C30H32Cl2N6O3. The zero-order valence-corrected chi connectivity index (χ0v) is 24.7. The minimum Gasteiger partial charge on any atom is -0.494 e. The Morgan fingerprint density at radius 2 is 1.83 bits per heavy atom. The minimum atomic E-state index is -0.361. The first-order valence-corrected chi connectivity index (χ1v) is 14.3. The molecule has 1 aliphatic rings. The quantitative estimate of drug-likeness (QED) is 0.271. The molecule has 9 nitrogen and oxygen atoms in total.